The van der Waals surface area contributed by atoms with Crippen LogP contribution in [0.3, 0.4) is 0 Å². The van der Waals surface area contributed by atoms with Crippen LogP contribution in [0.1, 0.15) is 12.5 Å². The maximum atomic E-state index is 8.52. The van der Waals surface area contributed by atoms with Crippen LogP contribution in [0.2, 0.25) is 0 Å². The van der Waals surface area contributed by atoms with E-state index in [4.69, 9.17) is 10.9 Å². The Kier molecular flexibility index (Phi) is 3.96. The Morgan fingerprint density at radius 3 is 2.87 bits per heavy atom. The molecule has 1 atom stereocenters. The highest BCUT2D eigenvalue weighted by Crippen LogP contribution is 2.26. The molecule has 0 aliphatic carbocycles. The van der Waals surface area contributed by atoms with Gasteiger partial charge in [0.15, 0.2) is 5.84 Å². The molecule has 0 aliphatic heterocycles. The number of aryl methyl sites for hydroxylation is 1. The molecule has 15 heavy (non-hydrogen) atoms. The second-order valence-corrected chi connectivity index (χ2v) is 4.12. The summed E-state index contributed by atoms with van der Waals surface area (Å²) in [4.78, 5) is 0. The zero-order chi connectivity index (χ0) is 11.4. The SMILES string of the molecule is Cc1cccc(NC(C)/C(N)=N/O)c1Br. The highest BCUT2D eigenvalue weighted by molar-refractivity contribution is 9.10. The molecule has 0 aromatic heterocycles. The van der Waals surface area contributed by atoms with Crippen molar-refractivity contribution in [2.75, 3.05) is 5.32 Å². The topological polar surface area (TPSA) is 70.6 Å². The van der Waals surface area contributed by atoms with Gasteiger partial charge in [0.1, 0.15) is 0 Å². The maximum Gasteiger partial charge on any atom is 0.161 e. The normalized spacial score (nSPS) is 13.7. The molecule has 0 heterocycles. The summed E-state index contributed by atoms with van der Waals surface area (Å²) in [6.45, 7) is 3.83. The Labute approximate surface area is 97.3 Å². The second-order valence-electron chi connectivity index (χ2n) is 3.33. The Morgan fingerprint density at radius 1 is 1.60 bits per heavy atom. The molecule has 4 N–H and O–H groups in total. The Bertz CT molecular complexity index is 379. The average molecular weight is 272 g/mol. The van der Waals surface area contributed by atoms with E-state index in [9.17, 15) is 0 Å². The van der Waals surface area contributed by atoms with E-state index in [-0.39, 0.29) is 11.9 Å². The molecule has 1 unspecified atom stereocenters. The lowest BCUT2D eigenvalue weighted by Gasteiger charge is -2.15. The number of nitrogens with two attached hydrogens (primary N) is 1. The Balaban J connectivity index is 2.86. The van der Waals surface area contributed by atoms with Crippen LogP contribution in [-0.4, -0.2) is 17.1 Å². The highest BCUT2D eigenvalue weighted by Gasteiger charge is 2.09. The minimum absolute atomic E-state index is 0.156. The van der Waals surface area contributed by atoms with Gasteiger partial charge in [-0.25, -0.2) is 0 Å². The molecule has 0 fully saturated rings. The van der Waals surface area contributed by atoms with Crippen LogP contribution < -0.4 is 11.1 Å². The first-order chi connectivity index (χ1) is 7.06. The smallest absolute Gasteiger partial charge is 0.161 e. The summed E-state index contributed by atoms with van der Waals surface area (Å²) >= 11 is 3.47. The summed E-state index contributed by atoms with van der Waals surface area (Å²) in [6, 6.07) is 5.66. The number of hydrogen-bond donors (Lipinski definition) is 3. The number of amidine groups is 1. The lowest BCUT2D eigenvalue weighted by Crippen LogP contribution is -2.33. The molecule has 1 aromatic carbocycles. The molecule has 0 radical (unpaired) electrons. The molecule has 1 aromatic rings. The van der Waals surface area contributed by atoms with Crippen LogP contribution in [0.5, 0.6) is 0 Å². The zero-order valence-corrected chi connectivity index (χ0v) is 10.2. The Hall–Kier alpha value is -1.23. The van der Waals surface area contributed by atoms with Gasteiger partial charge in [-0.15, -0.1) is 0 Å². The maximum absolute atomic E-state index is 8.52. The van der Waals surface area contributed by atoms with Gasteiger partial charge < -0.3 is 16.3 Å². The summed E-state index contributed by atoms with van der Waals surface area (Å²) in [5.74, 6) is 0.156. The minimum Gasteiger partial charge on any atom is -0.409 e. The van der Waals surface area contributed by atoms with E-state index in [2.05, 4.69) is 26.4 Å². The number of halogens is 1. The largest absolute Gasteiger partial charge is 0.409 e. The average Bonchev–Trinajstić information content (AvgIpc) is 2.23. The van der Waals surface area contributed by atoms with Gasteiger partial charge in [-0.3, -0.25) is 0 Å². The fourth-order valence-corrected chi connectivity index (χ4v) is 1.53. The third kappa shape index (κ3) is 2.86. The predicted octanol–water partition coefficient (Wildman–Crippen LogP) is 2.30. The first kappa shape index (κ1) is 11.8. The first-order valence-corrected chi connectivity index (χ1v) is 5.34. The fraction of sp³-hybridized carbons (Fsp3) is 0.300. The van der Waals surface area contributed by atoms with Crippen LogP contribution in [-0.2, 0) is 0 Å². The fourth-order valence-electron chi connectivity index (χ4n) is 1.15. The Morgan fingerprint density at radius 2 is 2.27 bits per heavy atom. The van der Waals surface area contributed by atoms with E-state index in [1.807, 2.05) is 32.0 Å². The third-order valence-corrected chi connectivity index (χ3v) is 3.18. The molecule has 1 rings (SSSR count). The van der Waals surface area contributed by atoms with Crippen LogP contribution in [0, 0.1) is 6.92 Å². The van der Waals surface area contributed by atoms with E-state index < -0.39 is 0 Å². The van der Waals surface area contributed by atoms with Gasteiger partial charge in [0.2, 0.25) is 0 Å². The molecular formula is C10H14BrN3O. The van der Waals surface area contributed by atoms with Crippen molar-refractivity contribution in [2.24, 2.45) is 10.9 Å². The van der Waals surface area contributed by atoms with Crippen molar-refractivity contribution >= 4 is 27.5 Å². The van der Waals surface area contributed by atoms with Gasteiger partial charge in [-0.2, -0.15) is 0 Å². The molecule has 5 heteroatoms. The first-order valence-electron chi connectivity index (χ1n) is 4.55. The molecule has 0 bridgehead atoms. The van der Waals surface area contributed by atoms with E-state index in [1.54, 1.807) is 0 Å². The standard InChI is InChI=1S/C10H14BrN3O/c1-6-4-3-5-8(9(6)11)13-7(2)10(12)14-15/h3-5,7,13,15H,1-2H3,(H2,12,14). The molecule has 82 valence electrons. The quantitative estimate of drug-likeness (QED) is 0.342. The molecule has 0 amide bonds. The molecule has 0 spiro atoms. The van der Waals surface area contributed by atoms with Crippen molar-refractivity contribution in [3.63, 3.8) is 0 Å². The van der Waals surface area contributed by atoms with Gasteiger partial charge >= 0.3 is 0 Å². The predicted molar refractivity (Wildman–Crippen MR) is 65.4 cm³/mol. The van der Waals surface area contributed by atoms with Crippen molar-refractivity contribution in [3.8, 4) is 0 Å². The van der Waals surface area contributed by atoms with Crippen LogP contribution in [0.4, 0.5) is 5.69 Å². The third-order valence-electron chi connectivity index (χ3n) is 2.12. The van der Waals surface area contributed by atoms with Gasteiger partial charge in [-0.05, 0) is 41.4 Å². The van der Waals surface area contributed by atoms with Crippen LogP contribution >= 0.6 is 15.9 Å². The van der Waals surface area contributed by atoms with Crippen molar-refractivity contribution in [1.29, 1.82) is 0 Å². The highest BCUT2D eigenvalue weighted by atomic mass is 79.9. The molecule has 0 saturated carbocycles. The molecular weight excluding hydrogens is 258 g/mol. The van der Waals surface area contributed by atoms with E-state index in [0.29, 0.717) is 0 Å². The van der Waals surface area contributed by atoms with Gasteiger partial charge in [-0.1, -0.05) is 17.3 Å². The van der Waals surface area contributed by atoms with Crippen LogP contribution in [0.25, 0.3) is 0 Å². The minimum atomic E-state index is -0.215. The van der Waals surface area contributed by atoms with E-state index >= 15 is 0 Å². The summed E-state index contributed by atoms with van der Waals surface area (Å²) in [5, 5.41) is 14.6. The summed E-state index contributed by atoms with van der Waals surface area (Å²) in [7, 11) is 0. The van der Waals surface area contributed by atoms with Crippen LogP contribution in [0.15, 0.2) is 27.8 Å². The van der Waals surface area contributed by atoms with Gasteiger partial charge in [0.25, 0.3) is 0 Å². The summed E-state index contributed by atoms with van der Waals surface area (Å²) in [5.41, 5.74) is 7.53. The monoisotopic (exact) mass is 271 g/mol. The number of nitrogens with one attached hydrogen (secondary N) is 1. The lowest BCUT2D eigenvalue weighted by atomic mass is 10.2. The molecule has 4 nitrogen and oxygen atoms in total. The number of benzene rings is 1. The zero-order valence-electron chi connectivity index (χ0n) is 8.66. The van der Waals surface area contributed by atoms with E-state index in [1.165, 1.54) is 0 Å². The molecule has 0 saturated heterocycles. The van der Waals surface area contributed by atoms with Gasteiger partial charge in [0, 0.05) is 10.2 Å². The number of anilines is 1. The van der Waals surface area contributed by atoms with E-state index in [0.717, 1.165) is 15.7 Å². The second kappa shape index (κ2) is 5.02. The summed E-state index contributed by atoms with van der Waals surface area (Å²) in [6.07, 6.45) is 0. The lowest BCUT2D eigenvalue weighted by molar-refractivity contribution is 0.316. The number of rotatable bonds is 3. The van der Waals surface area contributed by atoms with Crippen molar-refractivity contribution in [2.45, 2.75) is 19.9 Å². The van der Waals surface area contributed by atoms with Crippen molar-refractivity contribution in [3.05, 3.63) is 28.2 Å². The van der Waals surface area contributed by atoms with Crippen molar-refractivity contribution in [1.82, 2.24) is 0 Å². The number of oxime groups is 1. The summed E-state index contributed by atoms with van der Waals surface area (Å²) < 4.78 is 0.989. The van der Waals surface area contributed by atoms with Crippen molar-refractivity contribution < 1.29 is 5.21 Å². The van der Waals surface area contributed by atoms with Gasteiger partial charge in [0.05, 0.1) is 6.04 Å². The number of hydrogen-bond acceptors (Lipinski definition) is 3. The molecule has 0 aliphatic rings. The number of nitrogens with zero attached hydrogens (tertiary/aromatic N) is 1.